The number of benzene rings is 1. The zero-order chi connectivity index (χ0) is 14.8. The molecule has 7 heteroatoms. The van der Waals surface area contributed by atoms with Gasteiger partial charge in [-0.3, -0.25) is 0 Å². The summed E-state index contributed by atoms with van der Waals surface area (Å²) in [5.41, 5.74) is 0.633. The van der Waals surface area contributed by atoms with Crippen LogP contribution in [0.5, 0.6) is 0 Å². The Balaban J connectivity index is 1.82. The lowest BCUT2D eigenvalue weighted by atomic mass is 10.1. The Labute approximate surface area is 124 Å². The van der Waals surface area contributed by atoms with E-state index in [9.17, 15) is 9.90 Å². The predicted octanol–water partition coefficient (Wildman–Crippen LogP) is 2.48. The average Bonchev–Trinajstić information content (AvgIpc) is 3.10. The lowest BCUT2D eigenvalue weighted by Crippen LogP contribution is -2.20. The summed E-state index contributed by atoms with van der Waals surface area (Å²) in [5.74, 6) is -0.227. The quantitative estimate of drug-likeness (QED) is 0.801. The number of nitrogens with zero attached hydrogens (tertiary/aromatic N) is 2. The first-order chi connectivity index (χ1) is 10.1. The summed E-state index contributed by atoms with van der Waals surface area (Å²) in [6.07, 6.45) is 0.561. The zero-order valence-electron chi connectivity index (χ0n) is 10.8. The van der Waals surface area contributed by atoms with Crippen LogP contribution in [0.4, 0.5) is 0 Å². The number of aromatic nitrogens is 2. The number of halogens is 1. The first kappa shape index (κ1) is 13.7. The molecule has 2 heterocycles. The Hall–Kier alpha value is -2.31. The molecular formula is C14H11ClN2O4. The van der Waals surface area contributed by atoms with Crippen molar-refractivity contribution in [2.45, 2.75) is 12.6 Å². The van der Waals surface area contributed by atoms with Crippen molar-refractivity contribution in [1.82, 2.24) is 9.78 Å². The SMILES string of the molecule is O=c1oc(-c2ccco2)nn1CC(O)c1ccc(Cl)cc1. The van der Waals surface area contributed by atoms with Crippen LogP contribution in [-0.4, -0.2) is 14.9 Å². The maximum absolute atomic E-state index is 11.7. The van der Waals surface area contributed by atoms with E-state index in [4.69, 9.17) is 20.4 Å². The van der Waals surface area contributed by atoms with Crippen LogP contribution in [-0.2, 0) is 6.54 Å². The van der Waals surface area contributed by atoms with Gasteiger partial charge < -0.3 is 13.9 Å². The van der Waals surface area contributed by atoms with Gasteiger partial charge in [0.05, 0.1) is 18.9 Å². The highest BCUT2D eigenvalue weighted by molar-refractivity contribution is 6.30. The molecule has 0 saturated carbocycles. The van der Waals surface area contributed by atoms with E-state index in [1.165, 1.54) is 6.26 Å². The summed E-state index contributed by atoms with van der Waals surface area (Å²) in [7, 11) is 0. The van der Waals surface area contributed by atoms with Crippen molar-refractivity contribution in [1.29, 1.82) is 0 Å². The fraction of sp³-hybridized carbons (Fsp3) is 0.143. The number of furan rings is 1. The molecule has 3 rings (SSSR count). The number of hydrogen-bond acceptors (Lipinski definition) is 5. The number of rotatable bonds is 4. The molecule has 0 saturated heterocycles. The maximum atomic E-state index is 11.7. The van der Waals surface area contributed by atoms with Gasteiger partial charge in [-0.25, -0.2) is 4.79 Å². The van der Waals surface area contributed by atoms with Crippen LogP contribution in [0.3, 0.4) is 0 Å². The van der Waals surface area contributed by atoms with Crippen molar-refractivity contribution in [2.75, 3.05) is 0 Å². The highest BCUT2D eigenvalue weighted by Gasteiger charge is 2.16. The number of hydrogen-bond donors (Lipinski definition) is 1. The maximum Gasteiger partial charge on any atom is 0.437 e. The van der Waals surface area contributed by atoms with Crippen molar-refractivity contribution >= 4 is 11.6 Å². The lowest BCUT2D eigenvalue weighted by molar-refractivity contribution is 0.148. The minimum atomic E-state index is -0.894. The third-order valence-electron chi connectivity index (χ3n) is 2.94. The van der Waals surface area contributed by atoms with Crippen LogP contribution in [0, 0.1) is 0 Å². The van der Waals surface area contributed by atoms with Crippen LogP contribution in [0.2, 0.25) is 5.02 Å². The van der Waals surface area contributed by atoms with Crippen molar-refractivity contribution < 1.29 is 13.9 Å². The van der Waals surface area contributed by atoms with Crippen LogP contribution in [0.25, 0.3) is 11.7 Å². The van der Waals surface area contributed by atoms with Crippen molar-refractivity contribution in [3.8, 4) is 11.7 Å². The largest absolute Gasteiger partial charge is 0.459 e. The Kier molecular flexibility index (Phi) is 3.64. The second-order valence-electron chi connectivity index (χ2n) is 4.40. The molecule has 1 aromatic carbocycles. The molecule has 1 atom stereocenters. The molecule has 0 spiro atoms. The van der Waals surface area contributed by atoms with Gasteiger partial charge in [-0.2, -0.15) is 4.68 Å². The van der Waals surface area contributed by atoms with Gasteiger partial charge in [0, 0.05) is 5.02 Å². The standard InChI is InChI=1S/C14H11ClN2O4/c15-10-5-3-9(4-6-10)11(18)8-17-14(19)21-13(16-17)12-2-1-7-20-12/h1-7,11,18H,8H2. The summed E-state index contributed by atoms with van der Waals surface area (Å²) in [4.78, 5) is 11.7. The minimum absolute atomic E-state index is 0.0231. The first-order valence-electron chi connectivity index (χ1n) is 6.19. The Morgan fingerprint density at radius 3 is 2.71 bits per heavy atom. The van der Waals surface area contributed by atoms with Crippen molar-refractivity contribution in [3.63, 3.8) is 0 Å². The molecule has 21 heavy (non-hydrogen) atoms. The molecule has 0 fully saturated rings. The smallest absolute Gasteiger partial charge is 0.437 e. The number of aliphatic hydroxyl groups is 1. The second-order valence-corrected chi connectivity index (χ2v) is 4.84. The van der Waals surface area contributed by atoms with Crippen molar-refractivity contribution in [2.24, 2.45) is 0 Å². The molecule has 6 nitrogen and oxygen atoms in total. The molecule has 0 bridgehead atoms. The van der Waals surface area contributed by atoms with E-state index in [0.717, 1.165) is 4.68 Å². The average molecular weight is 307 g/mol. The Morgan fingerprint density at radius 2 is 2.05 bits per heavy atom. The molecule has 1 unspecified atom stereocenters. The van der Waals surface area contributed by atoms with Gasteiger partial charge in [-0.05, 0) is 29.8 Å². The minimum Gasteiger partial charge on any atom is -0.459 e. The van der Waals surface area contributed by atoms with Crippen molar-refractivity contribution in [3.05, 3.63) is 63.8 Å². The number of aliphatic hydroxyl groups excluding tert-OH is 1. The molecule has 0 amide bonds. The summed E-state index contributed by atoms with van der Waals surface area (Å²) in [5, 5.41) is 14.7. The monoisotopic (exact) mass is 306 g/mol. The van der Waals surface area contributed by atoms with E-state index < -0.39 is 11.9 Å². The van der Waals surface area contributed by atoms with Gasteiger partial charge in [0.1, 0.15) is 0 Å². The normalized spacial score (nSPS) is 12.5. The van der Waals surface area contributed by atoms with Gasteiger partial charge in [0.15, 0.2) is 5.76 Å². The van der Waals surface area contributed by atoms with Crippen LogP contribution in [0.1, 0.15) is 11.7 Å². The Morgan fingerprint density at radius 1 is 1.29 bits per heavy atom. The molecular weight excluding hydrogens is 296 g/mol. The van der Waals surface area contributed by atoms with E-state index >= 15 is 0 Å². The summed E-state index contributed by atoms with van der Waals surface area (Å²) in [6.45, 7) is -0.0231. The summed E-state index contributed by atoms with van der Waals surface area (Å²) in [6, 6.07) is 10.00. The molecule has 3 aromatic rings. The molecule has 2 aromatic heterocycles. The summed E-state index contributed by atoms with van der Waals surface area (Å²) < 4.78 is 11.1. The van der Waals surface area contributed by atoms with Gasteiger partial charge in [-0.15, -0.1) is 5.10 Å². The molecule has 1 N–H and O–H groups in total. The van der Waals surface area contributed by atoms with Crippen LogP contribution in [0.15, 0.2) is 56.3 Å². The van der Waals surface area contributed by atoms with E-state index in [1.807, 2.05) is 0 Å². The zero-order valence-corrected chi connectivity index (χ0v) is 11.5. The third-order valence-corrected chi connectivity index (χ3v) is 3.19. The topological polar surface area (TPSA) is 81.4 Å². The molecule has 0 radical (unpaired) electrons. The van der Waals surface area contributed by atoms with E-state index in [-0.39, 0.29) is 12.4 Å². The highest BCUT2D eigenvalue weighted by Crippen LogP contribution is 2.19. The van der Waals surface area contributed by atoms with Gasteiger partial charge in [0.2, 0.25) is 0 Å². The summed E-state index contributed by atoms with van der Waals surface area (Å²) >= 11 is 5.79. The molecule has 108 valence electrons. The fourth-order valence-corrected chi connectivity index (χ4v) is 2.00. The predicted molar refractivity (Wildman–Crippen MR) is 74.9 cm³/mol. The van der Waals surface area contributed by atoms with Crippen LogP contribution >= 0.6 is 11.6 Å². The Bertz CT molecular complexity index is 774. The van der Waals surface area contributed by atoms with Gasteiger partial charge in [-0.1, -0.05) is 23.7 Å². The van der Waals surface area contributed by atoms with Gasteiger partial charge in [0.25, 0.3) is 5.89 Å². The fourth-order valence-electron chi connectivity index (χ4n) is 1.88. The molecule has 0 aliphatic carbocycles. The van der Waals surface area contributed by atoms with E-state index in [2.05, 4.69) is 5.10 Å². The first-order valence-corrected chi connectivity index (χ1v) is 6.56. The van der Waals surface area contributed by atoms with E-state index in [1.54, 1.807) is 36.4 Å². The lowest BCUT2D eigenvalue weighted by Gasteiger charge is -2.09. The second kappa shape index (κ2) is 5.59. The van der Waals surface area contributed by atoms with Crippen LogP contribution < -0.4 is 5.76 Å². The highest BCUT2D eigenvalue weighted by atomic mass is 35.5. The van der Waals surface area contributed by atoms with E-state index in [0.29, 0.717) is 16.3 Å². The molecule has 0 aliphatic heterocycles. The van der Waals surface area contributed by atoms with Gasteiger partial charge >= 0.3 is 5.76 Å². The molecule has 0 aliphatic rings. The third kappa shape index (κ3) is 2.91.